The van der Waals surface area contributed by atoms with Gasteiger partial charge < -0.3 is 15.2 Å². The van der Waals surface area contributed by atoms with Crippen LogP contribution < -0.4 is 10.1 Å². The number of hydrogen-bond donors (Lipinski definition) is 2. The smallest absolute Gasteiger partial charge is 0.290 e. The van der Waals surface area contributed by atoms with Crippen LogP contribution >= 0.6 is 0 Å². The van der Waals surface area contributed by atoms with Crippen LogP contribution in [0.15, 0.2) is 18.2 Å². The molecule has 0 saturated carbocycles. The van der Waals surface area contributed by atoms with Gasteiger partial charge in [0.15, 0.2) is 0 Å². The lowest BCUT2D eigenvalue weighted by molar-refractivity contribution is -0.119. The van der Waals surface area contributed by atoms with Gasteiger partial charge in [-0.1, -0.05) is 6.07 Å². The van der Waals surface area contributed by atoms with Crippen molar-refractivity contribution in [1.29, 1.82) is 0 Å². The maximum absolute atomic E-state index is 14.2. The second-order valence-corrected chi connectivity index (χ2v) is 5.00. The van der Waals surface area contributed by atoms with Crippen molar-refractivity contribution in [3.05, 3.63) is 29.6 Å². The van der Waals surface area contributed by atoms with Crippen molar-refractivity contribution in [2.45, 2.75) is 12.0 Å². The maximum Gasteiger partial charge on any atom is 0.290 e. The van der Waals surface area contributed by atoms with Crippen LogP contribution in [0.4, 0.5) is 13.2 Å². The molecule has 1 saturated heterocycles. The normalized spacial score (nSPS) is 18.5. The second kappa shape index (κ2) is 6.64. The highest BCUT2D eigenvalue weighted by Crippen LogP contribution is 2.38. The van der Waals surface area contributed by atoms with Gasteiger partial charge in [-0.05, 0) is 6.07 Å². The predicted molar refractivity (Wildman–Crippen MR) is 72.2 cm³/mol. The Labute approximate surface area is 121 Å². The number of methoxy groups -OCH3 is 1. The molecule has 1 fully saturated rings. The summed E-state index contributed by atoms with van der Waals surface area (Å²) in [6.45, 7) is 0.510. The number of ether oxygens (including phenoxy) is 1. The number of aliphatic hydroxyl groups is 1. The van der Waals surface area contributed by atoms with Crippen LogP contribution in [0.5, 0.6) is 5.75 Å². The summed E-state index contributed by atoms with van der Waals surface area (Å²) in [6, 6.07) is 2.33. The summed E-state index contributed by atoms with van der Waals surface area (Å²) >= 11 is 0. The number of rotatable bonds is 5. The van der Waals surface area contributed by atoms with Crippen LogP contribution in [0.25, 0.3) is 0 Å². The molecule has 0 aromatic heterocycles. The van der Waals surface area contributed by atoms with E-state index in [1.165, 1.54) is 24.1 Å². The Balaban J connectivity index is 2.39. The van der Waals surface area contributed by atoms with Crippen LogP contribution in [0, 0.1) is 5.82 Å². The Morgan fingerprint density at radius 2 is 2.05 bits per heavy atom. The minimum atomic E-state index is -3.42. The molecule has 1 aliphatic heterocycles. The quantitative estimate of drug-likeness (QED) is 0.863. The zero-order valence-corrected chi connectivity index (χ0v) is 11.8. The molecule has 21 heavy (non-hydrogen) atoms. The first-order valence-electron chi connectivity index (χ1n) is 6.76. The van der Waals surface area contributed by atoms with Gasteiger partial charge in [-0.15, -0.1) is 0 Å². The van der Waals surface area contributed by atoms with E-state index in [9.17, 15) is 13.2 Å². The number of nitrogens with one attached hydrogen (secondary N) is 1. The molecular formula is C14H19F3N2O2. The van der Waals surface area contributed by atoms with E-state index < -0.39 is 24.4 Å². The largest absolute Gasteiger partial charge is 0.497 e. The van der Waals surface area contributed by atoms with E-state index >= 15 is 0 Å². The first kappa shape index (κ1) is 16.1. The first-order chi connectivity index (χ1) is 9.99. The fourth-order valence-electron chi connectivity index (χ4n) is 2.57. The molecule has 0 bridgehead atoms. The zero-order valence-electron chi connectivity index (χ0n) is 11.8. The van der Waals surface area contributed by atoms with Crippen LogP contribution in [-0.2, 0) is 0 Å². The van der Waals surface area contributed by atoms with Gasteiger partial charge in [0.1, 0.15) is 24.2 Å². The van der Waals surface area contributed by atoms with Crippen molar-refractivity contribution >= 4 is 0 Å². The monoisotopic (exact) mass is 304 g/mol. The zero-order chi connectivity index (χ0) is 15.5. The molecule has 0 aliphatic carbocycles. The Morgan fingerprint density at radius 3 is 2.57 bits per heavy atom. The molecule has 0 amide bonds. The summed E-state index contributed by atoms with van der Waals surface area (Å²) < 4.78 is 47.3. The van der Waals surface area contributed by atoms with E-state index in [0.29, 0.717) is 26.2 Å². The van der Waals surface area contributed by atoms with Crippen LogP contribution in [-0.4, -0.2) is 55.8 Å². The number of nitrogens with zero attached hydrogens (tertiary/aromatic N) is 1. The maximum atomic E-state index is 14.2. The summed E-state index contributed by atoms with van der Waals surface area (Å²) in [5, 5.41) is 12.1. The number of halogens is 3. The van der Waals surface area contributed by atoms with Gasteiger partial charge in [0.2, 0.25) is 0 Å². The number of alkyl halides is 2. The van der Waals surface area contributed by atoms with E-state index in [1.54, 1.807) is 0 Å². The van der Waals surface area contributed by atoms with E-state index in [2.05, 4.69) is 5.32 Å². The molecule has 0 spiro atoms. The van der Waals surface area contributed by atoms with Gasteiger partial charge in [0, 0.05) is 37.8 Å². The van der Waals surface area contributed by atoms with Crippen molar-refractivity contribution in [1.82, 2.24) is 10.2 Å². The summed E-state index contributed by atoms with van der Waals surface area (Å²) in [6.07, 6.45) is 0. The average molecular weight is 304 g/mol. The topological polar surface area (TPSA) is 44.7 Å². The van der Waals surface area contributed by atoms with E-state index in [1.807, 2.05) is 0 Å². The third-order valence-corrected chi connectivity index (χ3v) is 3.63. The van der Waals surface area contributed by atoms with Gasteiger partial charge in [0.25, 0.3) is 5.92 Å². The van der Waals surface area contributed by atoms with E-state index in [4.69, 9.17) is 9.84 Å². The van der Waals surface area contributed by atoms with Crippen molar-refractivity contribution in [3.63, 3.8) is 0 Å². The third kappa shape index (κ3) is 3.48. The number of benzene rings is 1. The van der Waals surface area contributed by atoms with Gasteiger partial charge in [0.05, 0.1) is 7.11 Å². The number of hydrogen-bond acceptors (Lipinski definition) is 4. The molecule has 0 unspecified atom stereocenters. The SMILES string of the molecule is COc1ccc([C@@H](N2CCNCC2)C(F)(F)CO)c(F)c1. The first-order valence-corrected chi connectivity index (χ1v) is 6.76. The van der Waals surface area contributed by atoms with E-state index in [0.717, 1.165) is 6.07 Å². The van der Waals surface area contributed by atoms with Crippen molar-refractivity contribution in [3.8, 4) is 5.75 Å². The van der Waals surface area contributed by atoms with Crippen LogP contribution in [0.1, 0.15) is 11.6 Å². The second-order valence-electron chi connectivity index (χ2n) is 5.00. The highest BCUT2D eigenvalue weighted by atomic mass is 19.3. The standard InChI is InChI=1S/C14H19F3N2O2/c1-21-10-2-3-11(12(15)8-10)13(14(16,17)9-20)19-6-4-18-5-7-19/h2-3,8,13,18,20H,4-7,9H2,1H3/t13-/m1/s1. The van der Waals surface area contributed by atoms with Gasteiger partial charge in [-0.25, -0.2) is 13.2 Å². The lowest BCUT2D eigenvalue weighted by Crippen LogP contribution is -2.51. The Kier molecular flexibility index (Phi) is 5.08. The van der Waals surface area contributed by atoms with Gasteiger partial charge >= 0.3 is 0 Å². The summed E-state index contributed by atoms with van der Waals surface area (Å²) in [7, 11) is 1.38. The molecule has 7 heteroatoms. The molecular weight excluding hydrogens is 285 g/mol. The molecule has 1 aromatic carbocycles. The molecule has 1 aliphatic rings. The lowest BCUT2D eigenvalue weighted by Gasteiger charge is -2.38. The van der Waals surface area contributed by atoms with Crippen LogP contribution in [0.3, 0.4) is 0 Å². The van der Waals surface area contributed by atoms with Crippen molar-refractivity contribution < 1.29 is 23.0 Å². The van der Waals surface area contributed by atoms with Crippen LogP contribution in [0.2, 0.25) is 0 Å². The fourth-order valence-corrected chi connectivity index (χ4v) is 2.57. The van der Waals surface area contributed by atoms with Crippen molar-refractivity contribution in [2.24, 2.45) is 0 Å². The van der Waals surface area contributed by atoms with Gasteiger partial charge in [-0.3, -0.25) is 4.90 Å². The minimum absolute atomic E-state index is 0.128. The van der Waals surface area contributed by atoms with Gasteiger partial charge in [-0.2, -0.15) is 0 Å². The molecule has 1 atom stereocenters. The molecule has 2 N–H and O–H groups in total. The lowest BCUT2D eigenvalue weighted by atomic mass is 9.97. The summed E-state index contributed by atoms with van der Waals surface area (Å²) in [5.41, 5.74) is -0.128. The van der Waals surface area contributed by atoms with E-state index in [-0.39, 0.29) is 11.3 Å². The molecule has 1 heterocycles. The fraction of sp³-hybridized carbons (Fsp3) is 0.571. The molecule has 0 radical (unpaired) electrons. The highest BCUT2D eigenvalue weighted by molar-refractivity contribution is 5.32. The number of aliphatic hydroxyl groups excluding tert-OH is 1. The summed E-state index contributed by atoms with van der Waals surface area (Å²) in [4.78, 5) is 1.50. The Bertz CT molecular complexity index is 479. The number of piperazine rings is 1. The predicted octanol–water partition coefficient (Wildman–Crippen LogP) is 1.41. The molecule has 1 aromatic rings. The third-order valence-electron chi connectivity index (χ3n) is 3.63. The molecule has 4 nitrogen and oxygen atoms in total. The Morgan fingerprint density at radius 1 is 1.38 bits per heavy atom. The van der Waals surface area contributed by atoms with Crippen molar-refractivity contribution in [2.75, 3.05) is 39.9 Å². The molecule has 2 rings (SSSR count). The minimum Gasteiger partial charge on any atom is -0.497 e. The summed E-state index contributed by atoms with van der Waals surface area (Å²) in [5.74, 6) is -3.92. The molecule has 118 valence electrons. The Hall–Kier alpha value is -1.31. The average Bonchev–Trinajstić information content (AvgIpc) is 2.50. The highest BCUT2D eigenvalue weighted by Gasteiger charge is 2.45.